The van der Waals surface area contributed by atoms with Crippen LogP contribution in [0.3, 0.4) is 0 Å². The third-order valence-electron chi connectivity index (χ3n) is 3.25. The molecule has 114 valence electrons. The molecule has 1 N–H and O–H groups in total. The van der Waals surface area contributed by atoms with Gasteiger partial charge >= 0.3 is 0 Å². The minimum Gasteiger partial charge on any atom is -0.507 e. The number of methoxy groups -OCH3 is 2. The fourth-order valence-corrected chi connectivity index (χ4v) is 2.07. The van der Waals surface area contributed by atoms with Crippen LogP contribution in [-0.2, 0) is 0 Å². The first-order valence-electron chi connectivity index (χ1n) is 6.79. The van der Waals surface area contributed by atoms with Gasteiger partial charge < -0.3 is 14.6 Å². The second-order valence-corrected chi connectivity index (χ2v) is 4.83. The van der Waals surface area contributed by atoms with E-state index in [4.69, 9.17) is 9.47 Å². The van der Waals surface area contributed by atoms with Crippen LogP contribution in [0.5, 0.6) is 17.2 Å². The average molecular weight is 298 g/mol. The highest BCUT2D eigenvalue weighted by Crippen LogP contribution is 2.28. The van der Waals surface area contributed by atoms with E-state index < -0.39 is 0 Å². The Hall–Kier alpha value is -2.75. The minimum absolute atomic E-state index is 0.0208. The van der Waals surface area contributed by atoms with Crippen molar-refractivity contribution in [3.63, 3.8) is 0 Å². The van der Waals surface area contributed by atoms with Crippen LogP contribution in [0.2, 0.25) is 0 Å². The second-order valence-electron chi connectivity index (χ2n) is 4.83. The molecule has 4 nitrogen and oxygen atoms in total. The summed E-state index contributed by atoms with van der Waals surface area (Å²) in [6.45, 7) is 1.87. The lowest BCUT2D eigenvalue weighted by molar-refractivity contribution is 0.104. The zero-order chi connectivity index (χ0) is 16.1. The number of carbonyl (C=O) groups is 1. The van der Waals surface area contributed by atoms with Gasteiger partial charge in [-0.05, 0) is 42.8 Å². The summed E-state index contributed by atoms with van der Waals surface area (Å²) in [6.07, 6.45) is 3.10. The topological polar surface area (TPSA) is 55.8 Å². The fraction of sp³-hybridized carbons (Fsp3) is 0.167. The van der Waals surface area contributed by atoms with Crippen molar-refractivity contribution in [2.45, 2.75) is 6.92 Å². The number of carbonyl (C=O) groups excluding carboxylic acids is 1. The van der Waals surface area contributed by atoms with E-state index in [-0.39, 0.29) is 17.1 Å². The lowest BCUT2D eigenvalue weighted by Crippen LogP contribution is -1.95. The summed E-state index contributed by atoms with van der Waals surface area (Å²) in [5.74, 6) is 0.946. The molecule has 0 aliphatic rings. The minimum atomic E-state index is -0.254. The van der Waals surface area contributed by atoms with Gasteiger partial charge in [-0.15, -0.1) is 0 Å². The van der Waals surface area contributed by atoms with Crippen molar-refractivity contribution in [1.29, 1.82) is 0 Å². The average Bonchev–Trinajstić information content (AvgIpc) is 2.54. The summed E-state index contributed by atoms with van der Waals surface area (Å²) in [5.41, 5.74) is 2.01. The predicted molar refractivity (Wildman–Crippen MR) is 85.8 cm³/mol. The Morgan fingerprint density at radius 3 is 2.45 bits per heavy atom. The highest BCUT2D eigenvalue weighted by Gasteiger charge is 2.08. The van der Waals surface area contributed by atoms with E-state index in [1.54, 1.807) is 44.6 Å². The van der Waals surface area contributed by atoms with Gasteiger partial charge in [0.1, 0.15) is 5.75 Å². The molecule has 0 radical (unpaired) electrons. The molecule has 0 saturated carbocycles. The lowest BCUT2D eigenvalue weighted by Gasteiger charge is -2.07. The molecule has 0 saturated heterocycles. The Kier molecular flexibility index (Phi) is 4.84. The van der Waals surface area contributed by atoms with Crippen molar-refractivity contribution < 1.29 is 19.4 Å². The molecule has 0 spiro atoms. The first-order chi connectivity index (χ1) is 10.5. The molecule has 0 heterocycles. The van der Waals surface area contributed by atoms with E-state index in [9.17, 15) is 9.90 Å². The van der Waals surface area contributed by atoms with Gasteiger partial charge in [0.2, 0.25) is 0 Å². The van der Waals surface area contributed by atoms with Crippen molar-refractivity contribution >= 4 is 11.9 Å². The fourth-order valence-electron chi connectivity index (χ4n) is 2.07. The number of phenols is 1. The standard InChI is InChI=1S/C18H18O4/c1-12-4-7-15(19)14(10-12)16(20)8-5-13-6-9-17(21-2)18(11-13)22-3/h4-11,19H,1-3H3. The molecule has 0 unspecified atom stereocenters. The number of ether oxygens (including phenoxy) is 2. The summed E-state index contributed by atoms with van der Waals surface area (Å²) < 4.78 is 10.4. The molecular formula is C18H18O4. The number of benzene rings is 2. The predicted octanol–water partition coefficient (Wildman–Crippen LogP) is 3.61. The van der Waals surface area contributed by atoms with Gasteiger partial charge in [0, 0.05) is 0 Å². The maximum absolute atomic E-state index is 12.2. The third-order valence-corrected chi connectivity index (χ3v) is 3.25. The van der Waals surface area contributed by atoms with Gasteiger partial charge in [0.05, 0.1) is 19.8 Å². The maximum Gasteiger partial charge on any atom is 0.189 e. The molecule has 0 atom stereocenters. The van der Waals surface area contributed by atoms with E-state index in [0.29, 0.717) is 11.5 Å². The van der Waals surface area contributed by atoms with Crippen molar-refractivity contribution in [3.05, 3.63) is 59.2 Å². The van der Waals surface area contributed by atoms with Crippen molar-refractivity contribution in [2.24, 2.45) is 0 Å². The maximum atomic E-state index is 12.2. The number of hydrogen-bond acceptors (Lipinski definition) is 4. The van der Waals surface area contributed by atoms with Crippen LogP contribution in [0.4, 0.5) is 0 Å². The van der Waals surface area contributed by atoms with E-state index in [0.717, 1.165) is 11.1 Å². The molecule has 2 aromatic carbocycles. The Labute approximate surface area is 129 Å². The largest absolute Gasteiger partial charge is 0.507 e. The third kappa shape index (κ3) is 3.47. The van der Waals surface area contributed by atoms with E-state index in [1.807, 2.05) is 13.0 Å². The van der Waals surface area contributed by atoms with E-state index in [2.05, 4.69) is 0 Å². The van der Waals surface area contributed by atoms with E-state index in [1.165, 1.54) is 12.1 Å². The van der Waals surface area contributed by atoms with Gasteiger partial charge in [0.15, 0.2) is 17.3 Å². The quantitative estimate of drug-likeness (QED) is 0.676. The smallest absolute Gasteiger partial charge is 0.189 e. The number of ketones is 1. The Morgan fingerprint density at radius 1 is 1.05 bits per heavy atom. The highest BCUT2D eigenvalue weighted by molar-refractivity contribution is 6.08. The Balaban J connectivity index is 2.24. The normalized spacial score (nSPS) is 10.7. The summed E-state index contributed by atoms with van der Waals surface area (Å²) in [5, 5.41) is 9.76. The van der Waals surface area contributed by atoms with Crippen molar-refractivity contribution in [1.82, 2.24) is 0 Å². The van der Waals surface area contributed by atoms with Crippen LogP contribution in [0.15, 0.2) is 42.5 Å². The van der Waals surface area contributed by atoms with Gasteiger partial charge in [-0.2, -0.15) is 0 Å². The molecule has 0 fully saturated rings. The molecule has 0 aromatic heterocycles. The van der Waals surface area contributed by atoms with E-state index >= 15 is 0 Å². The van der Waals surface area contributed by atoms with Crippen LogP contribution in [0, 0.1) is 6.92 Å². The van der Waals surface area contributed by atoms with Crippen molar-refractivity contribution in [3.8, 4) is 17.2 Å². The molecule has 0 aliphatic heterocycles. The number of rotatable bonds is 5. The molecule has 0 bridgehead atoms. The van der Waals surface area contributed by atoms with Crippen LogP contribution in [0.25, 0.3) is 6.08 Å². The molecule has 0 aliphatic carbocycles. The SMILES string of the molecule is COc1ccc(C=CC(=O)c2cc(C)ccc2O)cc1OC. The van der Waals surface area contributed by atoms with Gasteiger partial charge in [-0.3, -0.25) is 4.79 Å². The zero-order valence-electron chi connectivity index (χ0n) is 12.8. The number of hydrogen-bond donors (Lipinski definition) is 1. The molecular weight excluding hydrogens is 280 g/mol. The highest BCUT2D eigenvalue weighted by atomic mass is 16.5. The summed E-state index contributed by atoms with van der Waals surface area (Å²) in [7, 11) is 3.12. The van der Waals surface area contributed by atoms with Crippen LogP contribution in [-0.4, -0.2) is 25.1 Å². The lowest BCUT2D eigenvalue weighted by atomic mass is 10.1. The molecule has 0 amide bonds. The number of aromatic hydroxyl groups is 1. The molecule has 4 heteroatoms. The molecule has 22 heavy (non-hydrogen) atoms. The molecule has 2 aromatic rings. The number of phenolic OH excluding ortho intramolecular Hbond substituents is 1. The second kappa shape index (κ2) is 6.80. The van der Waals surface area contributed by atoms with Crippen LogP contribution < -0.4 is 9.47 Å². The monoisotopic (exact) mass is 298 g/mol. The molecule has 2 rings (SSSR count). The van der Waals surface area contributed by atoms with Gasteiger partial charge in [-0.25, -0.2) is 0 Å². The first kappa shape index (κ1) is 15.6. The summed E-state index contributed by atoms with van der Waals surface area (Å²) >= 11 is 0. The Morgan fingerprint density at radius 2 is 1.77 bits per heavy atom. The number of allylic oxidation sites excluding steroid dienone is 1. The summed E-state index contributed by atoms with van der Waals surface area (Å²) in [4.78, 5) is 12.2. The summed E-state index contributed by atoms with van der Waals surface area (Å²) in [6, 6.07) is 10.3. The Bertz CT molecular complexity index is 717. The van der Waals surface area contributed by atoms with Crippen LogP contribution >= 0.6 is 0 Å². The number of aryl methyl sites for hydroxylation is 1. The van der Waals surface area contributed by atoms with Crippen LogP contribution in [0.1, 0.15) is 21.5 Å². The van der Waals surface area contributed by atoms with Crippen molar-refractivity contribution in [2.75, 3.05) is 14.2 Å². The first-order valence-corrected chi connectivity index (χ1v) is 6.79. The van der Waals surface area contributed by atoms with Gasteiger partial charge in [-0.1, -0.05) is 23.8 Å². The van der Waals surface area contributed by atoms with Gasteiger partial charge in [0.25, 0.3) is 0 Å². The zero-order valence-corrected chi connectivity index (χ0v) is 12.8.